The highest BCUT2D eigenvalue weighted by atomic mass is 16.6. The molecule has 2 rings (SSSR count). The van der Waals surface area contributed by atoms with E-state index in [2.05, 4.69) is 11.2 Å². The van der Waals surface area contributed by atoms with Crippen LogP contribution in [0.3, 0.4) is 0 Å². The number of carbonyl (C=O) groups is 1. The highest BCUT2D eigenvalue weighted by Gasteiger charge is 2.15. The van der Waals surface area contributed by atoms with Crippen LogP contribution >= 0.6 is 0 Å². The minimum absolute atomic E-state index is 0.0860. The number of carbonyl (C=O) groups excluding carboxylic acids is 1. The summed E-state index contributed by atoms with van der Waals surface area (Å²) in [6.07, 6.45) is 5.10. The number of fused-ring (bicyclic) bond motifs is 1. The van der Waals surface area contributed by atoms with Gasteiger partial charge in [0.05, 0.1) is 11.9 Å². The first-order valence-electron chi connectivity index (χ1n) is 6.01. The van der Waals surface area contributed by atoms with Crippen LogP contribution in [0.4, 0.5) is 0 Å². The Morgan fingerprint density at radius 3 is 2.85 bits per heavy atom. The molecule has 1 amide bonds. The smallest absolute Gasteiger partial charge is 0.291 e. The Labute approximate surface area is 116 Å². The van der Waals surface area contributed by atoms with Gasteiger partial charge in [-0.2, -0.15) is 0 Å². The Hall–Kier alpha value is -2.74. The molecule has 2 aromatic rings. The van der Waals surface area contributed by atoms with Crippen molar-refractivity contribution in [3.8, 4) is 12.3 Å². The van der Waals surface area contributed by atoms with Gasteiger partial charge in [0.25, 0.3) is 11.5 Å². The normalized spacial score (nSPS) is 10.1. The molecule has 0 bridgehead atoms. The number of rotatable bonds is 3. The lowest BCUT2D eigenvalue weighted by Gasteiger charge is -2.12. The van der Waals surface area contributed by atoms with Gasteiger partial charge in [-0.15, -0.1) is 11.2 Å². The molecule has 102 valence electrons. The van der Waals surface area contributed by atoms with Crippen LogP contribution < -0.4 is 15.7 Å². The minimum atomic E-state index is -0.454. The van der Waals surface area contributed by atoms with Gasteiger partial charge in [-0.1, -0.05) is 23.6 Å². The summed E-state index contributed by atoms with van der Waals surface area (Å²) in [6, 6.07) is 7.04. The number of aryl methyl sites for hydroxylation is 1. The highest BCUT2D eigenvalue weighted by Crippen LogP contribution is 2.14. The van der Waals surface area contributed by atoms with Crippen molar-refractivity contribution in [1.29, 1.82) is 0 Å². The molecule has 0 aliphatic heterocycles. The second-order valence-corrected chi connectivity index (χ2v) is 4.29. The van der Waals surface area contributed by atoms with Crippen molar-refractivity contribution < 1.29 is 9.63 Å². The third kappa shape index (κ3) is 2.36. The molecular formula is C15H14N2O3. The monoisotopic (exact) mass is 270 g/mol. The van der Waals surface area contributed by atoms with E-state index < -0.39 is 5.91 Å². The van der Waals surface area contributed by atoms with Gasteiger partial charge in [0.15, 0.2) is 0 Å². The van der Waals surface area contributed by atoms with E-state index in [4.69, 9.17) is 11.3 Å². The second-order valence-electron chi connectivity index (χ2n) is 4.29. The lowest BCUT2D eigenvalue weighted by atomic mass is 10.1. The van der Waals surface area contributed by atoms with Gasteiger partial charge >= 0.3 is 0 Å². The molecule has 0 atom stereocenters. The molecule has 20 heavy (non-hydrogen) atoms. The average molecular weight is 270 g/mol. The predicted octanol–water partition coefficient (Wildman–Crippen LogP) is 0.731. The number of nitrogens with one attached hydrogen (secondary N) is 1. The standard InChI is InChI=1S/C15H14N2O3/c1-4-7-16-14(18)13-9-11-6-5-10(2)8-12(11)15(19)17(13)20-3/h1,5-6,8-9H,7H2,2-3H3,(H,16,18). The molecule has 1 heterocycles. The molecule has 5 heteroatoms. The summed E-state index contributed by atoms with van der Waals surface area (Å²) in [5.74, 6) is 1.85. The van der Waals surface area contributed by atoms with Crippen LogP contribution in [0.2, 0.25) is 0 Å². The number of terminal acetylenes is 1. The number of hydrogen-bond donors (Lipinski definition) is 1. The Balaban J connectivity index is 2.67. The zero-order valence-electron chi connectivity index (χ0n) is 11.3. The molecule has 1 aromatic carbocycles. The Kier molecular flexibility index (Phi) is 3.76. The molecule has 1 aromatic heterocycles. The van der Waals surface area contributed by atoms with Gasteiger partial charge < -0.3 is 10.2 Å². The van der Waals surface area contributed by atoms with Gasteiger partial charge in [-0.05, 0) is 24.4 Å². The molecule has 0 fully saturated rings. The largest absolute Gasteiger partial charge is 0.413 e. The summed E-state index contributed by atoms with van der Waals surface area (Å²) in [4.78, 5) is 29.3. The first kappa shape index (κ1) is 13.7. The van der Waals surface area contributed by atoms with E-state index >= 15 is 0 Å². The lowest BCUT2D eigenvalue weighted by molar-refractivity contribution is 0.0889. The zero-order valence-corrected chi connectivity index (χ0v) is 11.3. The van der Waals surface area contributed by atoms with E-state index in [0.29, 0.717) is 10.8 Å². The molecule has 0 unspecified atom stereocenters. The topological polar surface area (TPSA) is 60.3 Å². The van der Waals surface area contributed by atoms with Crippen molar-refractivity contribution in [2.75, 3.05) is 13.7 Å². The third-order valence-electron chi connectivity index (χ3n) is 2.90. The number of pyridine rings is 1. The third-order valence-corrected chi connectivity index (χ3v) is 2.90. The molecule has 1 N–H and O–H groups in total. The summed E-state index contributed by atoms with van der Waals surface area (Å²) >= 11 is 0. The van der Waals surface area contributed by atoms with Gasteiger partial charge in [0, 0.05) is 0 Å². The maximum absolute atomic E-state index is 12.3. The van der Waals surface area contributed by atoms with Gasteiger partial charge in [-0.3, -0.25) is 9.59 Å². The molecule has 0 saturated carbocycles. The first-order valence-corrected chi connectivity index (χ1v) is 6.01. The van der Waals surface area contributed by atoms with E-state index in [-0.39, 0.29) is 17.8 Å². The summed E-state index contributed by atoms with van der Waals surface area (Å²) in [6.45, 7) is 1.98. The number of aromatic nitrogens is 1. The number of amides is 1. The number of hydrogen-bond acceptors (Lipinski definition) is 3. The van der Waals surface area contributed by atoms with E-state index in [9.17, 15) is 9.59 Å². The SMILES string of the molecule is C#CCNC(=O)c1cc2ccc(C)cc2c(=O)n1OC. The average Bonchev–Trinajstić information content (AvgIpc) is 2.45. The summed E-state index contributed by atoms with van der Waals surface area (Å²) in [7, 11) is 1.33. The van der Waals surface area contributed by atoms with Crippen LogP contribution in [-0.2, 0) is 0 Å². The molecule has 5 nitrogen and oxygen atoms in total. The zero-order chi connectivity index (χ0) is 14.7. The fourth-order valence-corrected chi connectivity index (χ4v) is 1.97. The summed E-state index contributed by atoms with van der Waals surface area (Å²) in [5, 5.41) is 3.69. The van der Waals surface area contributed by atoms with E-state index in [1.165, 1.54) is 7.11 Å². The van der Waals surface area contributed by atoms with Gasteiger partial charge in [-0.25, -0.2) is 0 Å². The van der Waals surface area contributed by atoms with Crippen molar-refractivity contribution in [2.24, 2.45) is 0 Å². The van der Waals surface area contributed by atoms with Crippen LogP contribution in [0.25, 0.3) is 10.8 Å². The quantitative estimate of drug-likeness (QED) is 0.836. The minimum Gasteiger partial charge on any atom is -0.413 e. The number of benzene rings is 1. The summed E-state index contributed by atoms with van der Waals surface area (Å²) < 4.78 is 0.966. The predicted molar refractivity (Wildman–Crippen MR) is 76.6 cm³/mol. The highest BCUT2D eigenvalue weighted by molar-refractivity contribution is 5.96. The fourth-order valence-electron chi connectivity index (χ4n) is 1.97. The Morgan fingerprint density at radius 1 is 1.45 bits per heavy atom. The maximum atomic E-state index is 12.3. The molecule has 0 spiro atoms. The van der Waals surface area contributed by atoms with E-state index in [1.54, 1.807) is 18.2 Å². The Morgan fingerprint density at radius 2 is 2.20 bits per heavy atom. The van der Waals surface area contributed by atoms with Crippen LogP contribution in [0, 0.1) is 19.3 Å². The molecular weight excluding hydrogens is 256 g/mol. The van der Waals surface area contributed by atoms with Crippen LogP contribution in [0.5, 0.6) is 0 Å². The molecule has 0 aliphatic carbocycles. The van der Waals surface area contributed by atoms with Crippen molar-refractivity contribution in [3.63, 3.8) is 0 Å². The number of nitrogens with zero attached hydrogens (tertiary/aromatic N) is 1. The van der Waals surface area contributed by atoms with Gasteiger partial charge in [0.2, 0.25) is 0 Å². The molecule has 0 saturated heterocycles. The van der Waals surface area contributed by atoms with Crippen molar-refractivity contribution in [1.82, 2.24) is 10.0 Å². The molecule has 0 radical (unpaired) electrons. The fraction of sp³-hybridized carbons (Fsp3) is 0.200. The van der Waals surface area contributed by atoms with E-state index in [1.807, 2.05) is 13.0 Å². The van der Waals surface area contributed by atoms with Crippen molar-refractivity contribution in [3.05, 3.63) is 45.9 Å². The van der Waals surface area contributed by atoms with E-state index in [0.717, 1.165) is 10.3 Å². The first-order chi connectivity index (χ1) is 9.58. The molecule has 0 aliphatic rings. The Bertz CT molecular complexity index is 769. The van der Waals surface area contributed by atoms with Crippen LogP contribution in [0.15, 0.2) is 29.1 Å². The second kappa shape index (κ2) is 5.49. The van der Waals surface area contributed by atoms with Crippen LogP contribution in [0.1, 0.15) is 16.1 Å². The van der Waals surface area contributed by atoms with Crippen LogP contribution in [-0.4, -0.2) is 24.3 Å². The van der Waals surface area contributed by atoms with Crippen molar-refractivity contribution >= 4 is 16.7 Å². The van der Waals surface area contributed by atoms with Gasteiger partial charge in [0.1, 0.15) is 12.8 Å². The van der Waals surface area contributed by atoms with Crippen molar-refractivity contribution in [2.45, 2.75) is 6.92 Å². The maximum Gasteiger partial charge on any atom is 0.291 e. The lowest BCUT2D eigenvalue weighted by Crippen LogP contribution is -2.35. The summed E-state index contributed by atoms with van der Waals surface area (Å²) in [5.41, 5.74) is 0.699.